The van der Waals surface area contributed by atoms with Crippen LogP contribution < -0.4 is 16.6 Å². The molecule has 1 unspecified atom stereocenters. The molecule has 2 heterocycles. The molecule has 3 rings (SSSR count). The van der Waals surface area contributed by atoms with Crippen molar-refractivity contribution in [3.8, 4) is 0 Å². The lowest BCUT2D eigenvalue weighted by Gasteiger charge is -2.14. The highest BCUT2D eigenvalue weighted by atomic mass is 16.3. The summed E-state index contributed by atoms with van der Waals surface area (Å²) >= 11 is 0. The fraction of sp³-hybridized carbons (Fsp3) is 0.429. The summed E-state index contributed by atoms with van der Waals surface area (Å²) in [5, 5.41) is 3.37. The van der Waals surface area contributed by atoms with Gasteiger partial charge >= 0.3 is 0 Å². The number of rotatable bonds is 6. The lowest BCUT2D eigenvalue weighted by atomic mass is 10.2. The van der Waals surface area contributed by atoms with Crippen molar-refractivity contribution in [2.75, 3.05) is 10.7 Å². The van der Waals surface area contributed by atoms with Gasteiger partial charge in [-0.2, -0.15) is 0 Å². The Morgan fingerprint density at radius 1 is 1.40 bits per heavy atom. The van der Waals surface area contributed by atoms with Gasteiger partial charge in [0.15, 0.2) is 0 Å². The molecule has 106 valence electrons. The minimum Gasteiger partial charge on any atom is -0.469 e. The minimum atomic E-state index is 0.216. The number of hydrogen-bond donors (Lipinski definition) is 3. The van der Waals surface area contributed by atoms with Gasteiger partial charge < -0.3 is 15.2 Å². The second kappa shape index (κ2) is 5.50. The number of hydrogen-bond acceptors (Lipinski definition) is 6. The zero-order chi connectivity index (χ0) is 13.9. The van der Waals surface area contributed by atoms with Crippen molar-refractivity contribution in [2.45, 2.75) is 38.1 Å². The van der Waals surface area contributed by atoms with Crippen LogP contribution in [-0.2, 0) is 6.42 Å². The molecule has 0 aliphatic heterocycles. The van der Waals surface area contributed by atoms with E-state index in [-0.39, 0.29) is 6.04 Å². The van der Waals surface area contributed by atoms with E-state index < -0.39 is 0 Å². The molecule has 1 aliphatic rings. The molecule has 6 nitrogen and oxygen atoms in total. The van der Waals surface area contributed by atoms with Gasteiger partial charge in [0, 0.05) is 24.4 Å². The van der Waals surface area contributed by atoms with E-state index in [4.69, 9.17) is 10.3 Å². The number of nitrogens with zero attached hydrogens (tertiary/aromatic N) is 2. The smallest absolute Gasteiger partial charge is 0.145 e. The van der Waals surface area contributed by atoms with E-state index in [0.29, 0.717) is 11.7 Å². The van der Waals surface area contributed by atoms with Crippen molar-refractivity contribution in [2.24, 2.45) is 5.84 Å². The van der Waals surface area contributed by atoms with E-state index >= 15 is 0 Å². The Labute approximate surface area is 117 Å². The van der Waals surface area contributed by atoms with E-state index in [0.717, 1.165) is 36.7 Å². The Bertz CT molecular complexity index is 565. The van der Waals surface area contributed by atoms with Crippen molar-refractivity contribution in [3.05, 3.63) is 36.0 Å². The molecule has 0 amide bonds. The van der Waals surface area contributed by atoms with Crippen molar-refractivity contribution in [3.63, 3.8) is 0 Å². The highest BCUT2D eigenvalue weighted by Crippen LogP contribution is 2.38. The number of aromatic nitrogens is 2. The van der Waals surface area contributed by atoms with Gasteiger partial charge in [0.1, 0.15) is 23.2 Å². The van der Waals surface area contributed by atoms with Crippen LogP contribution in [0.5, 0.6) is 0 Å². The molecule has 0 saturated heterocycles. The summed E-state index contributed by atoms with van der Waals surface area (Å²) in [7, 11) is 0. The normalized spacial score (nSPS) is 15.9. The predicted molar refractivity (Wildman–Crippen MR) is 77.3 cm³/mol. The van der Waals surface area contributed by atoms with E-state index in [1.165, 1.54) is 0 Å². The van der Waals surface area contributed by atoms with Crippen molar-refractivity contribution < 1.29 is 4.42 Å². The second-order valence-electron chi connectivity index (χ2n) is 5.24. The van der Waals surface area contributed by atoms with E-state index in [1.54, 1.807) is 6.26 Å². The van der Waals surface area contributed by atoms with Gasteiger partial charge in [-0.25, -0.2) is 15.8 Å². The molecule has 0 radical (unpaired) electrons. The zero-order valence-electron chi connectivity index (χ0n) is 11.5. The first-order valence-corrected chi connectivity index (χ1v) is 6.89. The summed E-state index contributed by atoms with van der Waals surface area (Å²) in [5.74, 6) is 9.23. The number of furan rings is 1. The topological polar surface area (TPSA) is 89.0 Å². The summed E-state index contributed by atoms with van der Waals surface area (Å²) in [6.45, 7) is 2.09. The average Bonchev–Trinajstić information content (AvgIpc) is 3.17. The van der Waals surface area contributed by atoms with Crippen LogP contribution in [0, 0.1) is 0 Å². The first-order valence-electron chi connectivity index (χ1n) is 6.89. The maximum absolute atomic E-state index is 5.47. The molecule has 1 aliphatic carbocycles. The van der Waals surface area contributed by atoms with Crippen LogP contribution in [0.25, 0.3) is 0 Å². The third-order valence-electron chi connectivity index (χ3n) is 3.32. The summed E-state index contributed by atoms with van der Waals surface area (Å²) in [5.41, 5.74) is 2.60. The standard InChI is InChI=1S/C14H19N5O/c1-9(7-11-3-2-6-20-11)16-12-8-13(19-15)18-14(17-12)10-4-5-10/h2-3,6,8-10H,4-5,7,15H2,1H3,(H2,16,17,18,19). The van der Waals surface area contributed by atoms with Crippen molar-refractivity contribution in [1.29, 1.82) is 0 Å². The largest absolute Gasteiger partial charge is 0.469 e. The number of nitrogens with one attached hydrogen (secondary N) is 2. The highest BCUT2D eigenvalue weighted by Gasteiger charge is 2.27. The third-order valence-corrected chi connectivity index (χ3v) is 3.32. The van der Waals surface area contributed by atoms with E-state index in [2.05, 4.69) is 27.6 Å². The minimum absolute atomic E-state index is 0.216. The lowest BCUT2D eigenvalue weighted by molar-refractivity contribution is 0.497. The van der Waals surface area contributed by atoms with Gasteiger partial charge in [-0.15, -0.1) is 0 Å². The summed E-state index contributed by atoms with van der Waals surface area (Å²) in [4.78, 5) is 8.96. The molecule has 0 aromatic carbocycles. The lowest BCUT2D eigenvalue weighted by Crippen LogP contribution is -2.20. The van der Waals surface area contributed by atoms with Gasteiger partial charge in [0.05, 0.1) is 6.26 Å². The third kappa shape index (κ3) is 3.08. The van der Waals surface area contributed by atoms with E-state index in [9.17, 15) is 0 Å². The van der Waals surface area contributed by atoms with Gasteiger partial charge in [0.2, 0.25) is 0 Å². The Morgan fingerprint density at radius 3 is 2.85 bits per heavy atom. The number of nitrogen functional groups attached to an aromatic ring is 1. The Morgan fingerprint density at radius 2 is 2.20 bits per heavy atom. The monoisotopic (exact) mass is 273 g/mol. The fourth-order valence-electron chi connectivity index (χ4n) is 2.17. The Hall–Kier alpha value is -2.08. The van der Waals surface area contributed by atoms with Gasteiger partial charge in [-0.05, 0) is 31.9 Å². The Kier molecular flexibility index (Phi) is 3.56. The molecule has 1 atom stereocenters. The van der Waals surface area contributed by atoms with E-state index in [1.807, 2.05) is 18.2 Å². The maximum atomic E-state index is 5.47. The predicted octanol–water partition coefficient (Wildman–Crippen LogP) is 2.28. The molecule has 2 aromatic heterocycles. The molecule has 1 saturated carbocycles. The Balaban J connectivity index is 1.70. The van der Waals surface area contributed by atoms with Crippen LogP contribution in [-0.4, -0.2) is 16.0 Å². The molecular weight excluding hydrogens is 254 g/mol. The van der Waals surface area contributed by atoms with Crippen LogP contribution in [0.2, 0.25) is 0 Å². The second-order valence-corrected chi connectivity index (χ2v) is 5.24. The summed E-state index contributed by atoms with van der Waals surface area (Å²) in [6, 6.07) is 5.91. The first-order chi connectivity index (χ1) is 9.74. The average molecular weight is 273 g/mol. The number of anilines is 2. The molecule has 2 aromatic rings. The first kappa shape index (κ1) is 12.9. The SMILES string of the molecule is CC(Cc1ccco1)Nc1cc(NN)nc(C2CC2)n1. The molecular formula is C14H19N5O. The number of hydrazine groups is 1. The highest BCUT2D eigenvalue weighted by molar-refractivity contribution is 5.48. The van der Waals surface area contributed by atoms with Crippen LogP contribution in [0.1, 0.15) is 37.3 Å². The molecule has 1 fully saturated rings. The van der Waals surface area contributed by atoms with Gasteiger partial charge in [-0.1, -0.05) is 0 Å². The zero-order valence-corrected chi connectivity index (χ0v) is 11.5. The van der Waals surface area contributed by atoms with Crippen LogP contribution >= 0.6 is 0 Å². The fourth-order valence-corrected chi connectivity index (χ4v) is 2.17. The van der Waals surface area contributed by atoms with Gasteiger partial charge in [0.25, 0.3) is 0 Å². The van der Waals surface area contributed by atoms with Crippen LogP contribution in [0.4, 0.5) is 11.6 Å². The summed E-state index contributed by atoms with van der Waals surface area (Å²) in [6.07, 6.45) is 4.82. The van der Waals surface area contributed by atoms with Gasteiger partial charge in [-0.3, -0.25) is 0 Å². The maximum Gasteiger partial charge on any atom is 0.145 e. The molecule has 6 heteroatoms. The molecule has 20 heavy (non-hydrogen) atoms. The molecule has 0 bridgehead atoms. The van der Waals surface area contributed by atoms with Crippen LogP contribution in [0.15, 0.2) is 28.9 Å². The quantitative estimate of drug-likeness (QED) is 0.552. The van der Waals surface area contributed by atoms with Crippen molar-refractivity contribution in [1.82, 2.24) is 9.97 Å². The molecule has 0 spiro atoms. The number of nitrogens with two attached hydrogens (primary N) is 1. The summed E-state index contributed by atoms with van der Waals surface area (Å²) < 4.78 is 5.35. The van der Waals surface area contributed by atoms with Crippen LogP contribution in [0.3, 0.4) is 0 Å². The molecule has 4 N–H and O–H groups in total. The van der Waals surface area contributed by atoms with Crippen molar-refractivity contribution >= 4 is 11.6 Å².